The van der Waals surface area contributed by atoms with Gasteiger partial charge >= 0.3 is 5.97 Å². The molecule has 2 aliphatic rings. The van der Waals surface area contributed by atoms with E-state index >= 15 is 0 Å². The molecular weight excluding hydrogens is 454 g/mol. The Kier molecular flexibility index (Phi) is 5.29. The standard InChI is InChI=1S/C22H20ClN3O5S/c23-15-3-6-17-19(11-15)32(29,30)13-18-20(22(27)28)24-26(21(17)18)16-4-1-14(2-5-16)12-25-7-9-31-10-8-25/h1-6,11H,7-10,12-13H2,(H,27,28). The molecule has 166 valence electrons. The molecule has 0 aliphatic carbocycles. The van der Waals surface area contributed by atoms with E-state index in [4.69, 9.17) is 16.3 Å². The van der Waals surface area contributed by atoms with Crippen LogP contribution in [0, 0.1) is 0 Å². The third-order valence-corrected chi connectivity index (χ3v) is 7.66. The molecule has 1 saturated heterocycles. The summed E-state index contributed by atoms with van der Waals surface area (Å²) in [5.74, 6) is -1.71. The summed E-state index contributed by atoms with van der Waals surface area (Å²) in [6.45, 7) is 4.00. The highest BCUT2D eigenvalue weighted by Gasteiger charge is 2.36. The highest BCUT2D eigenvalue weighted by Crippen LogP contribution is 2.41. The van der Waals surface area contributed by atoms with Gasteiger partial charge < -0.3 is 9.84 Å². The Morgan fingerprint density at radius 2 is 1.84 bits per heavy atom. The number of hydrogen-bond donors (Lipinski definition) is 1. The number of nitrogens with zero attached hydrogens (tertiary/aromatic N) is 3. The number of rotatable bonds is 4. The molecule has 0 spiro atoms. The predicted molar refractivity (Wildman–Crippen MR) is 118 cm³/mol. The van der Waals surface area contributed by atoms with Crippen LogP contribution < -0.4 is 0 Å². The first-order valence-electron chi connectivity index (χ1n) is 10.1. The van der Waals surface area contributed by atoms with Crippen molar-refractivity contribution in [3.05, 3.63) is 64.3 Å². The molecule has 2 aliphatic heterocycles. The zero-order valence-electron chi connectivity index (χ0n) is 17.0. The lowest BCUT2D eigenvalue weighted by Crippen LogP contribution is -2.35. The van der Waals surface area contributed by atoms with Crippen LogP contribution in [0.2, 0.25) is 5.02 Å². The van der Waals surface area contributed by atoms with Gasteiger partial charge in [0, 0.05) is 35.8 Å². The van der Waals surface area contributed by atoms with Crippen LogP contribution in [0.4, 0.5) is 0 Å². The number of fused-ring (bicyclic) bond motifs is 3. The highest BCUT2D eigenvalue weighted by molar-refractivity contribution is 7.91. The molecular formula is C22H20ClN3O5S. The Labute approximate surface area is 189 Å². The summed E-state index contributed by atoms with van der Waals surface area (Å²) in [5.41, 5.74) is 2.55. The van der Waals surface area contributed by atoms with Crippen molar-refractivity contribution in [2.75, 3.05) is 26.3 Å². The van der Waals surface area contributed by atoms with E-state index in [1.807, 2.05) is 24.3 Å². The molecule has 0 saturated carbocycles. The number of carbonyl (C=O) groups is 1. The number of sulfone groups is 1. The van der Waals surface area contributed by atoms with Gasteiger partial charge in [-0.2, -0.15) is 5.10 Å². The average molecular weight is 474 g/mol. The minimum absolute atomic E-state index is 0.0829. The second-order valence-corrected chi connectivity index (χ2v) is 10.2. The first-order chi connectivity index (χ1) is 15.3. The molecule has 1 aromatic heterocycles. The maximum absolute atomic E-state index is 12.8. The zero-order valence-corrected chi connectivity index (χ0v) is 18.6. The van der Waals surface area contributed by atoms with Crippen molar-refractivity contribution in [3.63, 3.8) is 0 Å². The number of hydrogen-bond acceptors (Lipinski definition) is 6. The zero-order chi connectivity index (χ0) is 22.5. The van der Waals surface area contributed by atoms with Gasteiger partial charge in [0.25, 0.3) is 0 Å². The molecule has 0 unspecified atom stereocenters. The molecule has 3 aromatic rings. The fraction of sp³-hybridized carbons (Fsp3) is 0.273. The molecule has 5 rings (SSSR count). The van der Waals surface area contributed by atoms with E-state index in [2.05, 4.69) is 10.00 Å². The summed E-state index contributed by atoms with van der Waals surface area (Å²) in [6, 6.07) is 12.3. The first-order valence-corrected chi connectivity index (χ1v) is 12.1. The summed E-state index contributed by atoms with van der Waals surface area (Å²) >= 11 is 6.05. The number of aromatic nitrogens is 2. The highest BCUT2D eigenvalue weighted by atomic mass is 35.5. The average Bonchev–Trinajstić information content (AvgIpc) is 3.14. The van der Waals surface area contributed by atoms with Crippen molar-refractivity contribution in [1.29, 1.82) is 0 Å². The Bertz CT molecular complexity index is 1310. The number of ether oxygens (including phenoxy) is 1. The topological polar surface area (TPSA) is 102 Å². The van der Waals surface area contributed by atoms with Gasteiger partial charge in [0.15, 0.2) is 15.5 Å². The van der Waals surface area contributed by atoms with Crippen LogP contribution >= 0.6 is 11.6 Å². The van der Waals surface area contributed by atoms with Crippen molar-refractivity contribution in [1.82, 2.24) is 14.7 Å². The van der Waals surface area contributed by atoms with Gasteiger partial charge in [0.2, 0.25) is 0 Å². The van der Waals surface area contributed by atoms with Crippen molar-refractivity contribution in [2.45, 2.75) is 17.2 Å². The van der Waals surface area contributed by atoms with Gasteiger partial charge in [0.05, 0.1) is 35.2 Å². The molecule has 2 aromatic carbocycles. The molecule has 0 bridgehead atoms. The quantitative estimate of drug-likeness (QED) is 0.621. The second-order valence-electron chi connectivity index (χ2n) is 7.85. The molecule has 1 fully saturated rings. The normalized spacial score (nSPS) is 17.5. The maximum atomic E-state index is 12.8. The smallest absolute Gasteiger partial charge is 0.356 e. The van der Waals surface area contributed by atoms with Gasteiger partial charge in [0.1, 0.15) is 0 Å². The lowest BCUT2D eigenvalue weighted by molar-refractivity contribution is 0.0342. The Balaban J connectivity index is 1.59. The molecule has 10 heteroatoms. The molecule has 0 radical (unpaired) electrons. The number of carboxylic acids is 1. The Morgan fingerprint density at radius 3 is 2.53 bits per heavy atom. The van der Waals surface area contributed by atoms with E-state index in [1.54, 1.807) is 12.1 Å². The van der Waals surface area contributed by atoms with Crippen LogP contribution in [0.5, 0.6) is 0 Å². The van der Waals surface area contributed by atoms with Crippen LogP contribution in [-0.2, 0) is 26.9 Å². The van der Waals surface area contributed by atoms with E-state index < -0.39 is 21.6 Å². The van der Waals surface area contributed by atoms with Gasteiger partial charge in [-0.05, 0) is 29.8 Å². The number of benzene rings is 2. The summed E-state index contributed by atoms with van der Waals surface area (Å²) < 4.78 is 32.6. The molecule has 8 nitrogen and oxygen atoms in total. The Morgan fingerprint density at radius 1 is 1.12 bits per heavy atom. The molecule has 0 amide bonds. The van der Waals surface area contributed by atoms with Crippen molar-refractivity contribution in [3.8, 4) is 16.9 Å². The van der Waals surface area contributed by atoms with Crippen molar-refractivity contribution < 1.29 is 23.1 Å². The van der Waals surface area contributed by atoms with E-state index in [0.717, 1.165) is 38.4 Å². The van der Waals surface area contributed by atoms with Crippen LogP contribution in [0.15, 0.2) is 47.4 Å². The molecule has 3 heterocycles. The number of halogens is 1. The summed E-state index contributed by atoms with van der Waals surface area (Å²) in [5, 5.41) is 14.3. The minimum Gasteiger partial charge on any atom is -0.476 e. The fourth-order valence-corrected chi connectivity index (χ4v) is 6.05. The van der Waals surface area contributed by atoms with E-state index in [-0.39, 0.29) is 16.2 Å². The van der Waals surface area contributed by atoms with Crippen molar-refractivity contribution >= 4 is 27.4 Å². The van der Waals surface area contributed by atoms with Crippen LogP contribution in [0.1, 0.15) is 21.6 Å². The lowest BCUT2D eigenvalue weighted by Gasteiger charge is -2.26. The summed E-state index contributed by atoms with van der Waals surface area (Å²) in [4.78, 5) is 14.3. The molecule has 1 N–H and O–H groups in total. The van der Waals surface area contributed by atoms with Gasteiger partial charge in [-0.15, -0.1) is 0 Å². The minimum atomic E-state index is -3.74. The Hall–Kier alpha value is -2.72. The number of carboxylic acid groups (broad SMARTS) is 1. The largest absolute Gasteiger partial charge is 0.476 e. The monoisotopic (exact) mass is 473 g/mol. The first kappa shape index (κ1) is 21.1. The van der Waals surface area contributed by atoms with Crippen LogP contribution in [0.3, 0.4) is 0 Å². The number of aromatic carboxylic acids is 1. The third-order valence-electron chi connectivity index (χ3n) is 5.75. The molecule has 32 heavy (non-hydrogen) atoms. The summed E-state index contributed by atoms with van der Waals surface area (Å²) in [7, 11) is -3.74. The van der Waals surface area contributed by atoms with Gasteiger partial charge in [-0.1, -0.05) is 29.8 Å². The molecule has 0 atom stereocenters. The van der Waals surface area contributed by atoms with Gasteiger partial charge in [-0.25, -0.2) is 17.9 Å². The van der Waals surface area contributed by atoms with Crippen LogP contribution in [-0.4, -0.2) is 60.5 Å². The van der Waals surface area contributed by atoms with E-state index in [1.165, 1.54) is 10.7 Å². The lowest BCUT2D eigenvalue weighted by atomic mass is 10.1. The van der Waals surface area contributed by atoms with Crippen molar-refractivity contribution in [2.24, 2.45) is 0 Å². The maximum Gasteiger partial charge on any atom is 0.356 e. The predicted octanol–water partition coefficient (Wildman–Crippen LogP) is 3.01. The van der Waals surface area contributed by atoms with Crippen LogP contribution in [0.25, 0.3) is 16.9 Å². The van der Waals surface area contributed by atoms with Gasteiger partial charge in [-0.3, -0.25) is 4.90 Å². The second kappa shape index (κ2) is 8.00. The number of morpholine rings is 1. The summed E-state index contributed by atoms with van der Waals surface area (Å²) in [6.07, 6.45) is 0. The van der Waals surface area contributed by atoms with E-state index in [0.29, 0.717) is 22.0 Å². The SMILES string of the molecule is O=C(O)c1nn(-c2ccc(CN3CCOCC3)cc2)c2c1CS(=O)(=O)c1cc(Cl)ccc1-2. The fourth-order valence-electron chi connectivity index (χ4n) is 4.20. The van der Waals surface area contributed by atoms with E-state index in [9.17, 15) is 18.3 Å². The third kappa shape index (κ3) is 3.71.